The van der Waals surface area contributed by atoms with Crippen LogP contribution in [0.25, 0.3) is 16.8 Å². The number of fused-ring (bicyclic) bond motifs is 3. The standard InChI is InChI=1S/C30H29N5O5/c36-28(27-18-35(34-33-27)20-10-2-1-3-11-20)31-17-9-8-16-26(29(37)38)32-30(39)40-19-25-23-14-6-4-12-21(23)22-13-5-7-15-24(22)25/h1-7,10-15,18,25-26H,8-9,16-17,19H2,(H,31,36)(H,32,39)(H,37,38). The van der Waals surface area contributed by atoms with Crippen molar-refractivity contribution in [1.29, 1.82) is 0 Å². The fraction of sp³-hybridized carbons (Fsp3) is 0.233. The number of unbranched alkanes of at least 4 members (excludes halogenated alkanes) is 1. The van der Waals surface area contributed by atoms with Gasteiger partial charge in [-0.3, -0.25) is 4.79 Å². The Hall–Kier alpha value is -4.99. The number of carbonyl (C=O) groups is 3. The highest BCUT2D eigenvalue weighted by Gasteiger charge is 2.29. The number of amides is 2. The number of benzene rings is 3. The Bertz CT molecular complexity index is 1460. The molecule has 1 atom stereocenters. The highest BCUT2D eigenvalue weighted by molar-refractivity contribution is 5.91. The summed E-state index contributed by atoms with van der Waals surface area (Å²) in [6.45, 7) is 0.432. The van der Waals surface area contributed by atoms with Crippen molar-refractivity contribution in [3.63, 3.8) is 0 Å². The lowest BCUT2D eigenvalue weighted by molar-refractivity contribution is -0.139. The molecular weight excluding hydrogens is 510 g/mol. The van der Waals surface area contributed by atoms with Crippen molar-refractivity contribution in [1.82, 2.24) is 25.6 Å². The first-order valence-electron chi connectivity index (χ1n) is 13.1. The second-order valence-corrected chi connectivity index (χ2v) is 9.50. The first-order chi connectivity index (χ1) is 19.5. The number of carbonyl (C=O) groups excluding carboxylic acids is 2. The van der Waals surface area contributed by atoms with Gasteiger partial charge in [0.05, 0.1) is 11.9 Å². The maximum Gasteiger partial charge on any atom is 0.407 e. The van der Waals surface area contributed by atoms with Crippen LogP contribution in [0.15, 0.2) is 85.1 Å². The van der Waals surface area contributed by atoms with Gasteiger partial charge in [0.1, 0.15) is 12.6 Å². The predicted octanol–water partition coefficient (Wildman–Crippen LogP) is 4.16. The minimum Gasteiger partial charge on any atom is -0.480 e. The molecule has 0 bridgehead atoms. The summed E-state index contributed by atoms with van der Waals surface area (Å²) in [5.74, 6) is -1.62. The average molecular weight is 540 g/mol. The number of nitrogens with one attached hydrogen (secondary N) is 2. The van der Waals surface area contributed by atoms with E-state index in [1.807, 2.05) is 78.9 Å². The number of aliphatic carboxylic acids is 1. The number of carboxylic acids is 1. The van der Waals surface area contributed by atoms with Crippen LogP contribution in [0.1, 0.15) is 46.8 Å². The SMILES string of the molecule is O=C(NC(CCCCNC(=O)c1cn(-c2ccccc2)nn1)C(=O)O)OCC1c2ccccc2-c2ccccc21. The predicted molar refractivity (Wildman–Crippen MR) is 147 cm³/mol. The average Bonchev–Trinajstić information content (AvgIpc) is 3.59. The molecule has 4 aromatic rings. The van der Waals surface area contributed by atoms with Gasteiger partial charge >= 0.3 is 12.1 Å². The molecule has 10 heteroatoms. The van der Waals surface area contributed by atoms with Gasteiger partial charge in [-0.1, -0.05) is 71.9 Å². The van der Waals surface area contributed by atoms with E-state index in [9.17, 15) is 19.5 Å². The molecule has 1 aromatic heterocycles. The number of ether oxygens (including phenoxy) is 1. The summed E-state index contributed by atoms with van der Waals surface area (Å²) < 4.78 is 6.99. The zero-order valence-electron chi connectivity index (χ0n) is 21.7. The molecule has 204 valence electrons. The van der Waals surface area contributed by atoms with Crippen LogP contribution in [0.5, 0.6) is 0 Å². The molecule has 0 saturated heterocycles. The van der Waals surface area contributed by atoms with E-state index in [0.29, 0.717) is 19.4 Å². The van der Waals surface area contributed by atoms with E-state index in [-0.39, 0.29) is 30.5 Å². The fourth-order valence-electron chi connectivity index (χ4n) is 4.88. The summed E-state index contributed by atoms with van der Waals surface area (Å²) in [7, 11) is 0. The van der Waals surface area contributed by atoms with Crippen LogP contribution in [-0.4, -0.2) is 57.3 Å². The third-order valence-corrected chi connectivity index (χ3v) is 6.89. The molecule has 40 heavy (non-hydrogen) atoms. The number of hydrogen-bond donors (Lipinski definition) is 3. The summed E-state index contributed by atoms with van der Waals surface area (Å²) in [4.78, 5) is 36.6. The minimum atomic E-state index is -1.14. The molecule has 0 saturated carbocycles. The maximum absolute atomic E-state index is 12.5. The molecule has 1 heterocycles. The molecule has 0 aliphatic heterocycles. The van der Waals surface area contributed by atoms with E-state index in [0.717, 1.165) is 27.9 Å². The van der Waals surface area contributed by atoms with Crippen LogP contribution >= 0.6 is 0 Å². The van der Waals surface area contributed by atoms with Gasteiger partial charge in [-0.25, -0.2) is 14.3 Å². The third-order valence-electron chi connectivity index (χ3n) is 6.89. The third kappa shape index (κ3) is 6.01. The molecule has 0 spiro atoms. The Kier molecular flexibility index (Phi) is 8.15. The first kappa shape index (κ1) is 26.6. The van der Waals surface area contributed by atoms with Crippen LogP contribution in [0.4, 0.5) is 4.79 Å². The number of para-hydroxylation sites is 1. The Labute approximate surface area is 231 Å². The van der Waals surface area contributed by atoms with Crippen molar-refractivity contribution in [2.45, 2.75) is 31.2 Å². The smallest absolute Gasteiger partial charge is 0.407 e. The van der Waals surface area contributed by atoms with Crippen molar-refractivity contribution in [2.75, 3.05) is 13.2 Å². The summed E-state index contributed by atoms with van der Waals surface area (Å²) in [5.41, 5.74) is 5.36. The van der Waals surface area contributed by atoms with Gasteiger partial charge in [0.25, 0.3) is 5.91 Å². The maximum atomic E-state index is 12.5. The molecule has 5 rings (SSSR count). The van der Waals surface area contributed by atoms with E-state index in [1.54, 1.807) is 6.20 Å². The van der Waals surface area contributed by atoms with Crippen LogP contribution in [0, 0.1) is 0 Å². The molecule has 3 aromatic carbocycles. The summed E-state index contributed by atoms with van der Waals surface area (Å²) >= 11 is 0. The van der Waals surface area contributed by atoms with Crippen molar-refractivity contribution < 1.29 is 24.2 Å². The van der Waals surface area contributed by atoms with Gasteiger partial charge in [0, 0.05) is 12.5 Å². The van der Waals surface area contributed by atoms with E-state index in [2.05, 4.69) is 20.9 Å². The van der Waals surface area contributed by atoms with Gasteiger partial charge in [-0.15, -0.1) is 5.10 Å². The fourth-order valence-corrected chi connectivity index (χ4v) is 4.88. The monoisotopic (exact) mass is 539 g/mol. The number of carboxylic acid groups (broad SMARTS) is 1. The van der Waals surface area contributed by atoms with E-state index in [4.69, 9.17) is 4.74 Å². The molecule has 0 fully saturated rings. The second-order valence-electron chi connectivity index (χ2n) is 9.50. The highest BCUT2D eigenvalue weighted by Crippen LogP contribution is 2.44. The van der Waals surface area contributed by atoms with E-state index in [1.165, 1.54) is 4.68 Å². The molecule has 1 unspecified atom stereocenters. The molecule has 1 aliphatic rings. The molecule has 2 amide bonds. The van der Waals surface area contributed by atoms with Crippen molar-refractivity contribution >= 4 is 18.0 Å². The quantitative estimate of drug-likeness (QED) is 0.244. The number of rotatable bonds is 11. The van der Waals surface area contributed by atoms with Crippen LogP contribution < -0.4 is 10.6 Å². The topological polar surface area (TPSA) is 135 Å². The highest BCUT2D eigenvalue weighted by atomic mass is 16.5. The van der Waals surface area contributed by atoms with Gasteiger partial charge in [0.2, 0.25) is 0 Å². The van der Waals surface area contributed by atoms with Crippen LogP contribution in [-0.2, 0) is 9.53 Å². The summed E-state index contributed by atoms with van der Waals surface area (Å²) in [5, 5.41) is 22.7. The normalized spacial score (nSPS) is 12.7. The lowest BCUT2D eigenvalue weighted by Gasteiger charge is -2.17. The van der Waals surface area contributed by atoms with Gasteiger partial charge in [-0.2, -0.15) is 0 Å². The number of alkyl carbamates (subject to hydrolysis) is 1. The zero-order chi connectivity index (χ0) is 27.9. The first-order valence-corrected chi connectivity index (χ1v) is 13.1. The lowest BCUT2D eigenvalue weighted by Crippen LogP contribution is -2.41. The van der Waals surface area contributed by atoms with Crippen LogP contribution in [0.2, 0.25) is 0 Å². The molecular formula is C30H29N5O5. The number of nitrogens with zero attached hydrogens (tertiary/aromatic N) is 3. The molecule has 3 N–H and O–H groups in total. The van der Waals surface area contributed by atoms with Crippen molar-refractivity contribution in [3.8, 4) is 16.8 Å². The van der Waals surface area contributed by atoms with Crippen LogP contribution in [0.3, 0.4) is 0 Å². The number of hydrogen-bond acceptors (Lipinski definition) is 6. The molecule has 0 radical (unpaired) electrons. The zero-order valence-corrected chi connectivity index (χ0v) is 21.7. The Morgan fingerprint density at radius 3 is 2.23 bits per heavy atom. The molecule has 1 aliphatic carbocycles. The van der Waals surface area contributed by atoms with E-state index < -0.39 is 18.1 Å². The molecule has 10 nitrogen and oxygen atoms in total. The Morgan fingerprint density at radius 2 is 1.55 bits per heavy atom. The Morgan fingerprint density at radius 1 is 0.900 bits per heavy atom. The van der Waals surface area contributed by atoms with E-state index >= 15 is 0 Å². The van der Waals surface area contributed by atoms with Crippen molar-refractivity contribution in [2.24, 2.45) is 0 Å². The van der Waals surface area contributed by atoms with Gasteiger partial charge < -0.3 is 20.5 Å². The van der Waals surface area contributed by atoms with Gasteiger partial charge in [0.15, 0.2) is 5.69 Å². The Balaban J connectivity index is 1.06. The van der Waals surface area contributed by atoms with Crippen molar-refractivity contribution in [3.05, 3.63) is 102 Å². The summed E-state index contributed by atoms with van der Waals surface area (Å²) in [6.07, 6.45) is 1.96. The second kappa shape index (κ2) is 12.2. The summed E-state index contributed by atoms with van der Waals surface area (Å²) in [6, 6.07) is 24.2. The number of aromatic nitrogens is 3. The largest absolute Gasteiger partial charge is 0.480 e. The lowest BCUT2D eigenvalue weighted by atomic mass is 9.98. The minimum absolute atomic E-state index is 0.104. The van der Waals surface area contributed by atoms with Gasteiger partial charge in [-0.05, 0) is 53.6 Å².